The van der Waals surface area contributed by atoms with Crippen LogP contribution in [0.15, 0.2) is 17.0 Å². The molecule has 1 heterocycles. The zero-order valence-electron chi connectivity index (χ0n) is 7.29. The maximum atomic E-state index is 13.1. The Balaban J connectivity index is 3.20. The van der Waals surface area contributed by atoms with Crippen LogP contribution >= 0.6 is 11.6 Å². The van der Waals surface area contributed by atoms with Crippen molar-refractivity contribution in [3.63, 3.8) is 0 Å². The van der Waals surface area contributed by atoms with Crippen LogP contribution in [0, 0.1) is 5.95 Å². The molecule has 4 nitrogen and oxygen atoms in total. The first-order valence-electron chi connectivity index (χ1n) is 3.79. The molecular formula is C7H8ClFN2O2S. The van der Waals surface area contributed by atoms with Crippen molar-refractivity contribution in [2.75, 3.05) is 6.54 Å². The first-order valence-corrected chi connectivity index (χ1v) is 5.65. The van der Waals surface area contributed by atoms with Crippen LogP contribution in [-0.4, -0.2) is 19.9 Å². The number of halogens is 2. The van der Waals surface area contributed by atoms with Gasteiger partial charge in [-0.15, -0.1) is 0 Å². The summed E-state index contributed by atoms with van der Waals surface area (Å²) in [6.45, 7) is 1.78. The van der Waals surface area contributed by atoms with E-state index in [-0.39, 0.29) is 11.7 Å². The number of sulfonamides is 1. The topological polar surface area (TPSA) is 59.1 Å². The molecule has 0 unspecified atom stereocenters. The van der Waals surface area contributed by atoms with E-state index in [1.807, 2.05) is 0 Å². The molecule has 78 valence electrons. The third kappa shape index (κ3) is 2.40. The standard InChI is InChI=1S/C7H8ClFN2O2S/c1-2-10-14(12,13)5-3-4-6(8)11-7(5)9/h3-4,10H,2H2,1H3. The highest BCUT2D eigenvalue weighted by Gasteiger charge is 2.18. The number of pyridine rings is 1. The van der Waals surface area contributed by atoms with Gasteiger partial charge in [-0.05, 0) is 12.1 Å². The zero-order chi connectivity index (χ0) is 10.8. The lowest BCUT2D eigenvalue weighted by molar-refractivity contribution is 0.534. The van der Waals surface area contributed by atoms with Gasteiger partial charge in [-0.2, -0.15) is 4.39 Å². The summed E-state index contributed by atoms with van der Waals surface area (Å²) in [5.74, 6) is -1.10. The summed E-state index contributed by atoms with van der Waals surface area (Å²) in [6, 6.07) is 2.29. The highest BCUT2D eigenvalue weighted by atomic mass is 35.5. The SMILES string of the molecule is CCNS(=O)(=O)c1ccc(Cl)nc1F. The monoisotopic (exact) mass is 238 g/mol. The Bertz CT molecular complexity index is 435. The Morgan fingerprint density at radius 1 is 1.57 bits per heavy atom. The lowest BCUT2D eigenvalue weighted by Crippen LogP contribution is -2.24. The van der Waals surface area contributed by atoms with Gasteiger partial charge < -0.3 is 0 Å². The number of nitrogens with one attached hydrogen (secondary N) is 1. The average molecular weight is 239 g/mol. The lowest BCUT2D eigenvalue weighted by atomic mass is 10.5. The fraction of sp³-hybridized carbons (Fsp3) is 0.286. The van der Waals surface area contributed by atoms with Crippen molar-refractivity contribution in [3.05, 3.63) is 23.2 Å². The molecule has 14 heavy (non-hydrogen) atoms. The van der Waals surface area contributed by atoms with Crippen molar-refractivity contribution >= 4 is 21.6 Å². The van der Waals surface area contributed by atoms with E-state index in [2.05, 4.69) is 9.71 Å². The molecule has 0 saturated heterocycles. The van der Waals surface area contributed by atoms with Crippen LogP contribution in [0.25, 0.3) is 0 Å². The maximum Gasteiger partial charge on any atom is 0.245 e. The summed E-state index contributed by atoms with van der Waals surface area (Å²) in [6.07, 6.45) is 0. The minimum absolute atomic E-state index is 0.0852. The molecule has 0 saturated carbocycles. The Morgan fingerprint density at radius 2 is 2.21 bits per heavy atom. The van der Waals surface area contributed by atoms with Gasteiger partial charge in [-0.25, -0.2) is 18.1 Å². The molecular weight excluding hydrogens is 231 g/mol. The van der Waals surface area contributed by atoms with Crippen LogP contribution in [0.4, 0.5) is 4.39 Å². The quantitative estimate of drug-likeness (QED) is 0.805. The minimum atomic E-state index is -3.80. The van der Waals surface area contributed by atoms with Crippen LogP contribution in [0.2, 0.25) is 5.15 Å². The van der Waals surface area contributed by atoms with Crippen LogP contribution < -0.4 is 4.72 Å². The van der Waals surface area contributed by atoms with Gasteiger partial charge in [0.1, 0.15) is 10.0 Å². The van der Waals surface area contributed by atoms with Crippen molar-refractivity contribution < 1.29 is 12.8 Å². The summed E-state index contributed by atoms with van der Waals surface area (Å²) in [4.78, 5) is 2.71. The van der Waals surface area contributed by atoms with E-state index in [0.29, 0.717) is 0 Å². The molecule has 0 fully saturated rings. The van der Waals surface area contributed by atoms with Gasteiger partial charge in [0.25, 0.3) is 0 Å². The minimum Gasteiger partial charge on any atom is -0.211 e. The normalized spacial score (nSPS) is 11.6. The zero-order valence-corrected chi connectivity index (χ0v) is 8.86. The number of aromatic nitrogens is 1. The molecule has 0 radical (unpaired) electrons. The molecule has 0 spiro atoms. The van der Waals surface area contributed by atoms with Gasteiger partial charge in [0.15, 0.2) is 0 Å². The van der Waals surface area contributed by atoms with E-state index in [9.17, 15) is 12.8 Å². The van der Waals surface area contributed by atoms with Crippen molar-refractivity contribution in [1.29, 1.82) is 0 Å². The van der Waals surface area contributed by atoms with Crippen LogP contribution in [-0.2, 0) is 10.0 Å². The first-order chi connectivity index (χ1) is 6.47. The van der Waals surface area contributed by atoms with E-state index in [1.165, 1.54) is 6.07 Å². The predicted molar refractivity (Wildman–Crippen MR) is 50.1 cm³/mol. The summed E-state index contributed by atoms with van der Waals surface area (Å²) in [7, 11) is -3.80. The molecule has 0 bridgehead atoms. The summed E-state index contributed by atoms with van der Waals surface area (Å²) >= 11 is 5.38. The van der Waals surface area contributed by atoms with Gasteiger partial charge in [-0.1, -0.05) is 18.5 Å². The molecule has 0 aliphatic carbocycles. The molecule has 1 rings (SSSR count). The first kappa shape index (κ1) is 11.4. The summed E-state index contributed by atoms with van der Waals surface area (Å²) in [5.41, 5.74) is 0. The number of nitrogens with zero attached hydrogens (tertiary/aromatic N) is 1. The molecule has 0 amide bonds. The molecule has 1 N–H and O–H groups in total. The average Bonchev–Trinajstić information content (AvgIpc) is 2.02. The second-order valence-electron chi connectivity index (χ2n) is 2.42. The summed E-state index contributed by atoms with van der Waals surface area (Å²) < 4.78 is 37.9. The molecule has 0 aliphatic heterocycles. The highest BCUT2D eigenvalue weighted by Crippen LogP contribution is 2.14. The number of rotatable bonds is 3. The third-order valence-corrected chi connectivity index (χ3v) is 3.17. The Hall–Kier alpha value is -0.720. The molecule has 1 aromatic heterocycles. The van der Waals surface area contributed by atoms with E-state index in [4.69, 9.17) is 11.6 Å². The van der Waals surface area contributed by atoms with Gasteiger partial charge in [-0.3, -0.25) is 0 Å². The highest BCUT2D eigenvalue weighted by molar-refractivity contribution is 7.89. The largest absolute Gasteiger partial charge is 0.245 e. The fourth-order valence-corrected chi connectivity index (χ4v) is 2.05. The molecule has 1 aromatic rings. The van der Waals surface area contributed by atoms with Crippen molar-refractivity contribution in [1.82, 2.24) is 9.71 Å². The predicted octanol–water partition coefficient (Wildman–Crippen LogP) is 1.17. The fourth-order valence-electron chi connectivity index (χ4n) is 0.868. The Morgan fingerprint density at radius 3 is 2.71 bits per heavy atom. The second kappa shape index (κ2) is 4.20. The van der Waals surface area contributed by atoms with Gasteiger partial charge in [0.05, 0.1) is 0 Å². The van der Waals surface area contributed by atoms with Crippen LogP contribution in [0.3, 0.4) is 0 Å². The maximum absolute atomic E-state index is 13.1. The molecule has 7 heteroatoms. The van der Waals surface area contributed by atoms with Crippen molar-refractivity contribution in [3.8, 4) is 0 Å². The third-order valence-electron chi connectivity index (χ3n) is 1.40. The molecule has 0 aromatic carbocycles. The van der Waals surface area contributed by atoms with Gasteiger partial charge in [0, 0.05) is 6.54 Å². The van der Waals surface area contributed by atoms with E-state index in [0.717, 1.165) is 6.07 Å². The Labute approximate surface area is 86.2 Å². The van der Waals surface area contributed by atoms with Crippen molar-refractivity contribution in [2.45, 2.75) is 11.8 Å². The molecule has 0 aliphatic rings. The van der Waals surface area contributed by atoms with E-state index < -0.39 is 20.9 Å². The Kier molecular flexibility index (Phi) is 3.41. The van der Waals surface area contributed by atoms with Gasteiger partial charge >= 0.3 is 0 Å². The summed E-state index contributed by atoms with van der Waals surface area (Å²) in [5, 5.41) is -0.0852. The van der Waals surface area contributed by atoms with Gasteiger partial charge in [0.2, 0.25) is 16.0 Å². The van der Waals surface area contributed by atoms with E-state index in [1.54, 1.807) is 6.92 Å². The van der Waals surface area contributed by atoms with Crippen molar-refractivity contribution in [2.24, 2.45) is 0 Å². The number of hydrogen-bond donors (Lipinski definition) is 1. The van der Waals surface area contributed by atoms with Crippen LogP contribution in [0.5, 0.6) is 0 Å². The smallest absolute Gasteiger partial charge is 0.211 e. The second-order valence-corrected chi connectivity index (χ2v) is 4.55. The lowest BCUT2D eigenvalue weighted by Gasteiger charge is -2.04. The molecule has 0 atom stereocenters. The van der Waals surface area contributed by atoms with Crippen LogP contribution in [0.1, 0.15) is 6.92 Å². The van der Waals surface area contributed by atoms with E-state index >= 15 is 0 Å². The number of hydrogen-bond acceptors (Lipinski definition) is 3.